The molecule has 5 rings (SSSR count). The average molecular weight is 477 g/mol. The number of carboxylic acid groups (broad SMARTS) is 1. The second-order valence-corrected chi connectivity index (χ2v) is 9.63. The molecule has 4 N–H and O–H groups in total. The lowest BCUT2D eigenvalue weighted by molar-refractivity contribution is -0.139. The van der Waals surface area contributed by atoms with Gasteiger partial charge in [-0.1, -0.05) is 18.2 Å². The molecule has 1 amide bonds. The van der Waals surface area contributed by atoms with Crippen molar-refractivity contribution in [2.75, 3.05) is 31.5 Å². The fraction of sp³-hybridized carbons (Fsp3) is 0.462. The Labute approximate surface area is 204 Å². The second-order valence-electron chi connectivity index (χ2n) is 9.63. The molecule has 4 heterocycles. The summed E-state index contributed by atoms with van der Waals surface area (Å²) in [5.41, 5.74) is 3.46. The standard InChI is InChI=1S/C26H32N6O3/c33-25(21-5-1-3-19-15-28-31-23(19)21)30-22(26(34)35)11-14-32-13-10-17(16-32)6-8-20-9-7-18-4-2-12-27-24(18)29-20/h1,3,5,7,9,15,17,22H,2,4,6,8,10-14,16H2,(H,27,29)(H,28,31)(H,30,33)(H,34,35)/t17-,22?/m1/s1. The summed E-state index contributed by atoms with van der Waals surface area (Å²) < 4.78 is 0. The van der Waals surface area contributed by atoms with Crippen molar-refractivity contribution in [3.8, 4) is 0 Å². The summed E-state index contributed by atoms with van der Waals surface area (Å²) in [6, 6.07) is 8.72. The van der Waals surface area contributed by atoms with E-state index in [-0.39, 0.29) is 0 Å². The van der Waals surface area contributed by atoms with E-state index in [1.165, 1.54) is 12.0 Å². The molecule has 1 saturated heterocycles. The molecule has 184 valence electrons. The number of nitrogens with one attached hydrogen (secondary N) is 3. The highest BCUT2D eigenvalue weighted by Gasteiger charge is 2.26. The number of aryl methyl sites for hydroxylation is 2. The molecule has 3 aromatic rings. The third-order valence-electron chi connectivity index (χ3n) is 7.19. The topological polar surface area (TPSA) is 123 Å². The van der Waals surface area contributed by atoms with Gasteiger partial charge in [-0.2, -0.15) is 5.10 Å². The van der Waals surface area contributed by atoms with Gasteiger partial charge in [0.25, 0.3) is 5.91 Å². The van der Waals surface area contributed by atoms with Crippen LogP contribution in [0.5, 0.6) is 0 Å². The minimum atomic E-state index is -1.02. The maximum Gasteiger partial charge on any atom is 0.326 e. The molecule has 0 aliphatic carbocycles. The van der Waals surface area contributed by atoms with Gasteiger partial charge in [-0.25, -0.2) is 9.78 Å². The van der Waals surface area contributed by atoms with Crippen LogP contribution in [0.3, 0.4) is 0 Å². The summed E-state index contributed by atoms with van der Waals surface area (Å²) in [5.74, 6) is 0.209. The average Bonchev–Trinajstić information content (AvgIpc) is 3.54. The van der Waals surface area contributed by atoms with E-state index in [1.54, 1.807) is 18.3 Å². The number of aromatic amines is 1. The highest BCUT2D eigenvalue weighted by atomic mass is 16.4. The number of hydrogen-bond acceptors (Lipinski definition) is 6. The minimum absolute atomic E-state index is 0.366. The molecule has 1 aromatic carbocycles. The van der Waals surface area contributed by atoms with Crippen molar-refractivity contribution in [2.24, 2.45) is 5.92 Å². The number of benzene rings is 1. The smallest absolute Gasteiger partial charge is 0.326 e. The van der Waals surface area contributed by atoms with Crippen molar-refractivity contribution in [3.63, 3.8) is 0 Å². The van der Waals surface area contributed by atoms with Crippen LogP contribution in [0.2, 0.25) is 0 Å². The van der Waals surface area contributed by atoms with Crippen LogP contribution in [0, 0.1) is 5.92 Å². The molecule has 0 bridgehead atoms. The van der Waals surface area contributed by atoms with Gasteiger partial charge in [-0.3, -0.25) is 9.89 Å². The first-order valence-corrected chi connectivity index (χ1v) is 12.5. The van der Waals surface area contributed by atoms with Crippen LogP contribution >= 0.6 is 0 Å². The Balaban J connectivity index is 1.10. The number of carboxylic acids is 1. The number of carbonyl (C=O) groups excluding carboxylic acids is 1. The van der Waals surface area contributed by atoms with Gasteiger partial charge in [-0.05, 0) is 68.7 Å². The fourth-order valence-corrected chi connectivity index (χ4v) is 5.17. The number of amides is 1. The van der Waals surface area contributed by atoms with E-state index in [0.717, 1.165) is 62.2 Å². The van der Waals surface area contributed by atoms with E-state index in [9.17, 15) is 14.7 Å². The van der Waals surface area contributed by atoms with Crippen molar-refractivity contribution in [1.29, 1.82) is 0 Å². The number of hydrogen-bond donors (Lipinski definition) is 4. The Morgan fingerprint density at radius 2 is 2.17 bits per heavy atom. The Bertz CT molecular complexity index is 1210. The van der Waals surface area contributed by atoms with Gasteiger partial charge in [0.1, 0.15) is 11.9 Å². The number of aromatic nitrogens is 3. The molecule has 9 nitrogen and oxygen atoms in total. The largest absolute Gasteiger partial charge is 0.480 e. The SMILES string of the molecule is O=C(NC(CCN1CC[C@@H](CCc2ccc3c(n2)NCCC3)C1)C(=O)O)c1cccc2cn[nH]c12. The summed E-state index contributed by atoms with van der Waals surface area (Å²) >= 11 is 0. The number of H-pyrrole nitrogens is 1. The third kappa shape index (κ3) is 5.45. The van der Waals surface area contributed by atoms with E-state index in [0.29, 0.717) is 30.0 Å². The molecule has 2 aromatic heterocycles. The molecule has 35 heavy (non-hydrogen) atoms. The van der Waals surface area contributed by atoms with Gasteiger partial charge in [0.15, 0.2) is 0 Å². The Morgan fingerprint density at radius 1 is 1.26 bits per heavy atom. The predicted molar refractivity (Wildman–Crippen MR) is 134 cm³/mol. The molecule has 1 unspecified atom stereocenters. The molecule has 0 radical (unpaired) electrons. The van der Waals surface area contributed by atoms with Crippen molar-refractivity contribution in [2.45, 2.75) is 44.6 Å². The second kappa shape index (κ2) is 10.4. The summed E-state index contributed by atoms with van der Waals surface area (Å²) in [6.45, 7) is 3.55. The molecule has 1 fully saturated rings. The number of anilines is 1. The zero-order valence-corrected chi connectivity index (χ0v) is 19.8. The Kier molecular flexibility index (Phi) is 6.94. The quantitative estimate of drug-likeness (QED) is 0.374. The van der Waals surface area contributed by atoms with Crippen molar-refractivity contribution in [3.05, 3.63) is 53.3 Å². The number of aliphatic carboxylic acids is 1. The Morgan fingerprint density at radius 3 is 3.06 bits per heavy atom. The summed E-state index contributed by atoms with van der Waals surface area (Å²) in [4.78, 5) is 31.7. The van der Waals surface area contributed by atoms with Gasteiger partial charge in [0, 0.05) is 30.7 Å². The lowest BCUT2D eigenvalue weighted by Gasteiger charge is -2.20. The van der Waals surface area contributed by atoms with E-state index in [1.807, 2.05) is 6.07 Å². The van der Waals surface area contributed by atoms with Crippen LogP contribution in [0.1, 0.15) is 47.3 Å². The van der Waals surface area contributed by atoms with Crippen molar-refractivity contribution >= 4 is 28.6 Å². The predicted octanol–water partition coefficient (Wildman–Crippen LogP) is 2.84. The van der Waals surface area contributed by atoms with Gasteiger partial charge in [0.05, 0.1) is 17.3 Å². The number of likely N-dealkylation sites (tertiary alicyclic amines) is 1. The molecule has 9 heteroatoms. The van der Waals surface area contributed by atoms with Crippen molar-refractivity contribution in [1.82, 2.24) is 25.4 Å². The number of fused-ring (bicyclic) bond motifs is 2. The number of pyridine rings is 1. The number of carbonyl (C=O) groups is 2. The maximum atomic E-state index is 12.8. The lowest BCUT2D eigenvalue weighted by Crippen LogP contribution is -2.43. The van der Waals surface area contributed by atoms with Crippen LogP contribution in [-0.4, -0.2) is 69.3 Å². The molecule has 0 spiro atoms. The number of nitrogens with zero attached hydrogens (tertiary/aromatic N) is 3. The first-order chi connectivity index (χ1) is 17.1. The number of rotatable bonds is 9. The normalized spacial score (nSPS) is 18.7. The van der Waals surface area contributed by atoms with Crippen LogP contribution in [0.25, 0.3) is 10.9 Å². The zero-order chi connectivity index (χ0) is 24.2. The molecule has 2 aliphatic rings. The summed E-state index contributed by atoms with van der Waals surface area (Å²) in [7, 11) is 0. The Hall–Kier alpha value is -3.46. The summed E-state index contributed by atoms with van der Waals surface area (Å²) in [6.07, 6.45) is 7.42. The highest BCUT2D eigenvalue weighted by molar-refractivity contribution is 6.06. The van der Waals surface area contributed by atoms with Crippen LogP contribution in [-0.2, 0) is 17.6 Å². The molecule has 0 saturated carbocycles. The van der Waals surface area contributed by atoms with E-state index >= 15 is 0 Å². The van der Waals surface area contributed by atoms with Crippen LogP contribution in [0.15, 0.2) is 36.5 Å². The van der Waals surface area contributed by atoms with Gasteiger partial charge >= 0.3 is 5.97 Å². The van der Waals surface area contributed by atoms with E-state index in [2.05, 4.69) is 37.9 Å². The van der Waals surface area contributed by atoms with Gasteiger partial charge in [0.2, 0.25) is 0 Å². The fourth-order valence-electron chi connectivity index (χ4n) is 5.17. The third-order valence-corrected chi connectivity index (χ3v) is 7.19. The van der Waals surface area contributed by atoms with E-state index < -0.39 is 17.9 Å². The zero-order valence-electron chi connectivity index (χ0n) is 19.8. The van der Waals surface area contributed by atoms with Gasteiger partial charge in [-0.15, -0.1) is 0 Å². The molecular weight excluding hydrogens is 444 g/mol. The van der Waals surface area contributed by atoms with Gasteiger partial charge < -0.3 is 20.6 Å². The van der Waals surface area contributed by atoms with Crippen LogP contribution < -0.4 is 10.6 Å². The highest BCUT2D eigenvalue weighted by Crippen LogP contribution is 2.24. The maximum absolute atomic E-state index is 12.8. The molecule has 2 aliphatic heterocycles. The monoisotopic (exact) mass is 476 g/mol. The molecular formula is C26H32N6O3. The van der Waals surface area contributed by atoms with Crippen LogP contribution in [0.4, 0.5) is 5.82 Å². The molecule has 2 atom stereocenters. The first kappa shape index (κ1) is 23.3. The number of para-hydroxylation sites is 1. The minimum Gasteiger partial charge on any atom is -0.480 e. The van der Waals surface area contributed by atoms with E-state index in [4.69, 9.17) is 4.98 Å². The first-order valence-electron chi connectivity index (χ1n) is 12.5. The lowest BCUT2D eigenvalue weighted by atomic mass is 10.00. The van der Waals surface area contributed by atoms with Crippen molar-refractivity contribution < 1.29 is 14.7 Å². The summed E-state index contributed by atoms with van der Waals surface area (Å²) in [5, 5.41) is 23.4.